The van der Waals surface area contributed by atoms with E-state index in [0.717, 1.165) is 11.3 Å². The topological polar surface area (TPSA) is 64.8 Å². The van der Waals surface area contributed by atoms with Gasteiger partial charge in [-0.05, 0) is 38.5 Å². The molecule has 104 valence electrons. The van der Waals surface area contributed by atoms with Gasteiger partial charge in [-0.2, -0.15) is 0 Å². The largest absolute Gasteiger partial charge is 0.490 e. The molecule has 0 unspecified atom stereocenters. The Kier molecular flexibility index (Phi) is 3.66. The van der Waals surface area contributed by atoms with Gasteiger partial charge < -0.3 is 15.2 Å². The molecule has 5 nitrogen and oxygen atoms in total. The molecule has 19 heavy (non-hydrogen) atoms. The number of carbonyl (C=O) groups excluding carboxylic acids is 1. The number of hydrogen-bond acceptors (Lipinski definition) is 4. The fourth-order valence-corrected chi connectivity index (χ4v) is 1.90. The van der Waals surface area contributed by atoms with Gasteiger partial charge in [0.05, 0.1) is 12.2 Å². The number of benzene rings is 1. The van der Waals surface area contributed by atoms with Crippen LogP contribution in [0.2, 0.25) is 0 Å². The number of nitrogens with two attached hydrogens (primary N) is 1. The normalized spacial score (nSPS) is 14.6. The Labute approximate surface area is 113 Å². The molecular weight excluding hydrogens is 244 g/mol. The van der Waals surface area contributed by atoms with Crippen LogP contribution in [-0.4, -0.2) is 24.8 Å². The van der Waals surface area contributed by atoms with E-state index in [-0.39, 0.29) is 6.09 Å². The van der Waals surface area contributed by atoms with Crippen LogP contribution in [0.15, 0.2) is 18.2 Å². The van der Waals surface area contributed by atoms with Gasteiger partial charge in [-0.1, -0.05) is 6.07 Å². The average molecular weight is 264 g/mol. The van der Waals surface area contributed by atoms with Crippen molar-refractivity contribution in [3.05, 3.63) is 23.8 Å². The summed E-state index contributed by atoms with van der Waals surface area (Å²) in [6, 6.07) is 5.61. The molecule has 2 N–H and O–H groups in total. The van der Waals surface area contributed by atoms with Crippen molar-refractivity contribution in [1.82, 2.24) is 0 Å². The SMILES string of the molecule is CC(C)(C)OC(=O)N1CCOc2cc(CN)ccc21. The highest BCUT2D eigenvalue weighted by Crippen LogP contribution is 2.33. The summed E-state index contributed by atoms with van der Waals surface area (Å²) in [5.74, 6) is 0.681. The molecule has 2 rings (SSSR count). The van der Waals surface area contributed by atoms with Crippen molar-refractivity contribution in [3.8, 4) is 5.75 Å². The summed E-state index contributed by atoms with van der Waals surface area (Å²) < 4.78 is 11.0. The van der Waals surface area contributed by atoms with Crippen LogP contribution in [0.5, 0.6) is 5.75 Å². The van der Waals surface area contributed by atoms with Gasteiger partial charge in [0.15, 0.2) is 0 Å². The van der Waals surface area contributed by atoms with Crippen LogP contribution in [-0.2, 0) is 11.3 Å². The van der Waals surface area contributed by atoms with Crippen molar-refractivity contribution < 1.29 is 14.3 Å². The number of carbonyl (C=O) groups is 1. The number of ether oxygens (including phenoxy) is 2. The lowest BCUT2D eigenvalue weighted by atomic mass is 10.1. The first-order valence-corrected chi connectivity index (χ1v) is 6.37. The quantitative estimate of drug-likeness (QED) is 0.845. The van der Waals surface area contributed by atoms with Gasteiger partial charge in [0, 0.05) is 6.54 Å². The third-order valence-corrected chi connectivity index (χ3v) is 2.74. The first-order chi connectivity index (χ1) is 8.90. The molecule has 1 aromatic rings. The maximum absolute atomic E-state index is 12.2. The summed E-state index contributed by atoms with van der Waals surface area (Å²) in [6.45, 7) is 6.95. The van der Waals surface area contributed by atoms with E-state index in [2.05, 4.69) is 0 Å². The van der Waals surface area contributed by atoms with E-state index in [1.165, 1.54) is 0 Å². The first-order valence-electron chi connectivity index (χ1n) is 6.37. The van der Waals surface area contributed by atoms with Gasteiger partial charge in [-0.25, -0.2) is 4.79 Å². The minimum absolute atomic E-state index is 0.349. The third kappa shape index (κ3) is 3.17. The zero-order valence-corrected chi connectivity index (χ0v) is 11.6. The number of rotatable bonds is 1. The van der Waals surface area contributed by atoms with Crippen molar-refractivity contribution in [2.24, 2.45) is 5.73 Å². The molecule has 0 saturated carbocycles. The van der Waals surface area contributed by atoms with Gasteiger partial charge in [-0.3, -0.25) is 4.90 Å². The molecule has 1 amide bonds. The predicted octanol–water partition coefficient (Wildman–Crippen LogP) is 2.28. The van der Waals surface area contributed by atoms with Gasteiger partial charge in [0.1, 0.15) is 18.0 Å². The van der Waals surface area contributed by atoms with Gasteiger partial charge in [0.25, 0.3) is 0 Å². The van der Waals surface area contributed by atoms with Crippen LogP contribution in [0.3, 0.4) is 0 Å². The molecule has 0 atom stereocenters. The van der Waals surface area contributed by atoms with Crippen molar-refractivity contribution >= 4 is 11.8 Å². The van der Waals surface area contributed by atoms with Crippen molar-refractivity contribution in [1.29, 1.82) is 0 Å². The summed E-state index contributed by atoms with van der Waals surface area (Å²) in [7, 11) is 0. The second kappa shape index (κ2) is 5.09. The highest BCUT2D eigenvalue weighted by molar-refractivity contribution is 5.90. The minimum atomic E-state index is -0.507. The lowest BCUT2D eigenvalue weighted by Crippen LogP contribution is -2.41. The van der Waals surface area contributed by atoms with Crippen molar-refractivity contribution in [2.75, 3.05) is 18.1 Å². The number of hydrogen-bond donors (Lipinski definition) is 1. The van der Waals surface area contributed by atoms with Gasteiger partial charge >= 0.3 is 6.09 Å². The number of nitrogens with zero attached hydrogens (tertiary/aromatic N) is 1. The molecule has 0 radical (unpaired) electrons. The zero-order chi connectivity index (χ0) is 14.0. The summed E-state index contributed by atoms with van der Waals surface area (Å²) in [5, 5.41) is 0. The van der Waals surface area contributed by atoms with Gasteiger partial charge in [-0.15, -0.1) is 0 Å². The van der Waals surface area contributed by atoms with Crippen LogP contribution >= 0.6 is 0 Å². The van der Waals surface area contributed by atoms with E-state index in [0.29, 0.717) is 25.4 Å². The summed E-state index contributed by atoms with van der Waals surface area (Å²) in [5.41, 5.74) is 6.80. The fraction of sp³-hybridized carbons (Fsp3) is 0.500. The first kappa shape index (κ1) is 13.7. The summed E-state index contributed by atoms with van der Waals surface area (Å²) in [4.78, 5) is 13.8. The Morgan fingerprint density at radius 1 is 1.47 bits per heavy atom. The summed E-state index contributed by atoms with van der Waals surface area (Å²) in [6.07, 6.45) is -0.349. The third-order valence-electron chi connectivity index (χ3n) is 2.74. The van der Waals surface area contributed by atoms with E-state index in [9.17, 15) is 4.79 Å². The van der Waals surface area contributed by atoms with Crippen LogP contribution < -0.4 is 15.4 Å². The molecule has 1 aliphatic heterocycles. The fourth-order valence-electron chi connectivity index (χ4n) is 1.90. The smallest absolute Gasteiger partial charge is 0.415 e. The van der Waals surface area contributed by atoms with E-state index < -0.39 is 5.60 Å². The van der Waals surface area contributed by atoms with Crippen molar-refractivity contribution in [3.63, 3.8) is 0 Å². The van der Waals surface area contributed by atoms with Crippen LogP contribution in [0.1, 0.15) is 26.3 Å². The lowest BCUT2D eigenvalue weighted by Gasteiger charge is -2.31. The molecule has 1 aliphatic rings. The van der Waals surface area contributed by atoms with E-state index in [1.54, 1.807) is 4.90 Å². The van der Waals surface area contributed by atoms with Crippen LogP contribution in [0.25, 0.3) is 0 Å². The van der Waals surface area contributed by atoms with Crippen LogP contribution in [0, 0.1) is 0 Å². The highest BCUT2D eigenvalue weighted by atomic mass is 16.6. The molecule has 1 heterocycles. The standard InChI is InChI=1S/C14H20N2O3/c1-14(2,3)19-13(17)16-6-7-18-12-8-10(9-15)4-5-11(12)16/h4-5,8H,6-7,9,15H2,1-3H3. The second-order valence-corrected chi connectivity index (χ2v) is 5.49. The number of anilines is 1. The lowest BCUT2D eigenvalue weighted by molar-refractivity contribution is 0.0568. The molecule has 0 aliphatic carbocycles. The Hall–Kier alpha value is -1.75. The van der Waals surface area contributed by atoms with Crippen molar-refractivity contribution in [2.45, 2.75) is 32.9 Å². The molecule has 0 aromatic heterocycles. The van der Waals surface area contributed by atoms with E-state index >= 15 is 0 Å². The summed E-state index contributed by atoms with van der Waals surface area (Å²) >= 11 is 0. The Bertz CT molecular complexity index is 480. The molecule has 0 bridgehead atoms. The monoisotopic (exact) mass is 264 g/mol. The zero-order valence-electron chi connectivity index (χ0n) is 11.6. The maximum Gasteiger partial charge on any atom is 0.415 e. The highest BCUT2D eigenvalue weighted by Gasteiger charge is 2.28. The number of fused-ring (bicyclic) bond motifs is 1. The maximum atomic E-state index is 12.2. The second-order valence-electron chi connectivity index (χ2n) is 5.49. The minimum Gasteiger partial charge on any atom is -0.490 e. The Balaban J connectivity index is 2.25. The van der Waals surface area contributed by atoms with E-state index in [4.69, 9.17) is 15.2 Å². The van der Waals surface area contributed by atoms with E-state index in [1.807, 2.05) is 39.0 Å². The predicted molar refractivity (Wildman–Crippen MR) is 73.4 cm³/mol. The molecule has 1 aromatic carbocycles. The molecular formula is C14H20N2O3. The molecule has 0 spiro atoms. The van der Waals surface area contributed by atoms with Gasteiger partial charge in [0.2, 0.25) is 0 Å². The molecule has 0 saturated heterocycles. The molecule has 5 heteroatoms. The molecule has 0 fully saturated rings. The number of amides is 1. The average Bonchev–Trinajstić information content (AvgIpc) is 2.35. The Morgan fingerprint density at radius 3 is 2.84 bits per heavy atom. The van der Waals surface area contributed by atoms with Crippen LogP contribution in [0.4, 0.5) is 10.5 Å². The Morgan fingerprint density at radius 2 is 2.21 bits per heavy atom.